The number of sulfonamides is 1. The Kier molecular flexibility index (Phi) is 13.3. The number of fused-ring (bicyclic) bond motifs is 4. The number of rotatable bonds is 16. The van der Waals surface area contributed by atoms with Gasteiger partial charge in [0.2, 0.25) is 21.8 Å². The lowest BCUT2D eigenvalue weighted by molar-refractivity contribution is -0.148. The van der Waals surface area contributed by atoms with Crippen LogP contribution in [-0.2, 0) is 72.3 Å². The fraction of sp³-hybridized carbons (Fsp3) is 0.467. The molecule has 3 aliphatic rings. The fourth-order valence-corrected chi connectivity index (χ4v) is 11.1. The Bertz CT molecular complexity index is 3320. The number of aryl methyl sites for hydroxylation is 1. The number of hydrogen-bond acceptors (Lipinski definition) is 10. The largest absolute Gasteiger partial charge is 0.481 e. The van der Waals surface area contributed by atoms with E-state index in [0.717, 1.165) is 30.5 Å². The van der Waals surface area contributed by atoms with Crippen LogP contribution >= 0.6 is 11.6 Å². The molecule has 2 N–H and O–H groups in total. The van der Waals surface area contributed by atoms with Crippen molar-refractivity contribution in [1.29, 1.82) is 0 Å². The lowest BCUT2D eigenvalue weighted by Gasteiger charge is -2.33. The second-order valence-corrected chi connectivity index (χ2v) is 24.1. The zero-order valence-electron chi connectivity index (χ0n) is 38.5. The highest BCUT2D eigenvalue weighted by Gasteiger charge is 2.68. The first-order valence-corrected chi connectivity index (χ1v) is 26.2. The van der Waals surface area contributed by atoms with Crippen LogP contribution in [-0.4, -0.2) is 87.7 Å². The first kappa shape index (κ1) is 53.5. The molecule has 0 bridgehead atoms. The Morgan fingerprint density at radius 1 is 0.904 bits per heavy atom. The average Bonchev–Trinajstić information content (AvgIpc) is 3.73. The molecule has 2 aromatic carbocycles. The van der Waals surface area contributed by atoms with Crippen LogP contribution in [0.3, 0.4) is 0 Å². The van der Waals surface area contributed by atoms with Gasteiger partial charge >= 0.3 is 18.3 Å². The van der Waals surface area contributed by atoms with Crippen molar-refractivity contribution < 1.29 is 80.2 Å². The van der Waals surface area contributed by atoms with Crippen molar-refractivity contribution in [3.05, 3.63) is 93.0 Å². The topological polar surface area (TPSA) is 204 Å². The fourth-order valence-electron chi connectivity index (χ4n) is 9.43. The van der Waals surface area contributed by atoms with Gasteiger partial charge in [-0.25, -0.2) is 25.6 Å². The van der Waals surface area contributed by atoms with Gasteiger partial charge in [0.1, 0.15) is 30.4 Å². The Balaban J connectivity index is 1.33. The molecule has 0 aliphatic heterocycles. The van der Waals surface area contributed by atoms with E-state index in [1.54, 1.807) is 0 Å². The highest BCUT2D eigenvalue weighted by Crippen LogP contribution is 2.68. The number of carbonyl (C=O) groups is 3. The monoisotopic (exact) mass is 1100 g/mol. The smallest absolute Gasteiger partial charge is 0.435 e. The molecule has 0 radical (unpaired) electrons. The Morgan fingerprint density at radius 2 is 1.53 bits per heavy atom. The average molecular weight is 1100 g/mol. The SMILES string of the molecule is CC(C)(CCc1ccc(-c2ccc(Cl)c3c(N(C(=O)[C@H]4C[C@H](C(=O)O)C4)S(C)(=O)=O)nn(CC(F)(F)F)c23)c([C@H](Cc2cc(F)cc(F)c2)NC(=O)Cn2nc(C(F)(F)F)c3c2C(F)(F)C2C[C@H]32)n1)S(C)(=O)=O. The van der Waals surface area contributed by atoms with E-state index in [1.807, 2.05) is 0 Å². The Hall–Kier alpha value is -5.83. The first-order valence-electron chi connectivity index (χ1n) is 22.1. The third-order valence-corrected chi connectivity index (χ3v) is 17.0. The molecule has 2 saturated carbocycles. The van der Waals surface area contributed by atoms with Gasteiger partial charge in [-0.3, -0.25) is 28.7 Å². The number of carboxylic acid groups (broad SMARTS) is 1. The molecule has 73 heavy (non-hydrogen) atoms. The minimum Gasteiger partial charge on any atom is -0.481 e. The maximum Gasteiger partial charge on any atom is 0.435 e. The van der Waals surface area contributed by atoms with Crippen LogP contribution in [0.5, 0.6) is 0 Å². The summed E-state index contributed by atoms with van der Waals surface area (Å²) in [7, 11) is -8.55. The molecule has 3 atom stereocenters. The number of nitrogens with one attached hydrogen (secondary N) is 1. The van der Waals surface area contributed by atoms with Crippen LogP contribution in [0.25, 0.3) is 22.0 Å². The standard InChI is InChI=1S/C45H42ClF10N7O8S2/c1-42(2,72(3,68)69)10-9-25-5-6-26(27-7-8-30(46)34-36(27)62(19-43(49,50)51)60-39(34)63(73(4,70)71)40(65)21-14-22(15-21)41(66)67)35(57-25)31(13-20-11-23(47)16-24(48)12-20)58-32(64)18-61-38-33(37(59-61)45(54,55)56)28-17-29(28)44(38,52)53/h5-8,11-12,16,21-22,28-29,31H,9-10,13-15,17-19H2,1-4H3,(H,58,64)(H,66,67)/t21-,22-,28-,29?,31-/m0/s1. The maximum atomic E-state index is 15.6. The molecule has 15 nitrogen and oxygen atoms in total. The number of nitrogens with zero attached hydrogens (tertiary/aromatic N) is 6. The van der Waals surface area contributed by atoms with E-state index in [-0.39, 0.29) is 73.9 Å². The molecule has 2 amide bonds. The molecule has 5 aromatic rings. The highest BCUT2D eigenvalue weighted by molar-refractivity contribution is 7.93. The van der Waals surface area contributed by atoms with Gasteiger partial charge in [-0.1, -0.05) is 23.7 Å². The quantitative estimate of drug-likeness (QED) is 0.0901. The zero-order valence-corrected chi connectivity index (χ0v) is 40.9. The van der Waals surface area contributed by atoms with Crippen molar-refractivity contribution in [1.82, 2.24) is 29.9 Å². The lowest BCUT2D eigenvalue weighted by atomic mass is 9.74. The van der Waals surface area contributed by atoms with Crippen LogP contribution in [0.15, 0.2) is 42.5 Å². The van der Waals surface area contributed by atoms with Crippen molar-refractivity contribution >= 4 is 66.0 Å². The predicted molar refractivity (Wildman–Crippen MR) is 240 cm³/mol. The molecule has 3 aromatic heterocycles. The van der Waals surface area contributed by atoms with Crippen molar-refractivity contribution in [2.45, 2.75) is 100 Å². The number of benzene rings is 2. The van der Waals surface area contributed by atoms with E-state index >= 15 is 8.78 Å². The number of carbonyl (C=O) groups excluding carboxylic acids is 2. The van der Waals surface area contributed by atoms with Gasteiger partial charge in [0, 0.05) is 46.5 Å². The molecule has 3 heterocycles. The van der Waals surface area contributed by atoms with Crippen molar-refractivity contribution in [3.8, 4) is 11.1 Å². The minimum absolute atomic E-state index is 0.0439. The first-order chi connectivity index (χ1) is 33.6. The second-order valence-electron chi connectivity index (χ2n) is 19.2. The van der Waals surface area contributed by atoms with Gasteiger partial charge in [0.05, 0.1) is 44.6 Å². The van der Waals surface area contributed by atoms with Crippen molar-refractivity contribution in [2.24, 2.45) is 17.8 Å². The number of amides is 2. The van der Waals surface area contributed by atoms with E-state index in [2.05, 4.69) is 15.5 Å². The summed E-state index contributed by atoms with van der Waals surface area (Å²) in [5.41, 5.74) is -5.30. The van der Waals surface area contributed by atoms with Gasteiger partial charge < -0.3 is 10.4 Å². The summed E-state index contributed by atoms with van der Waals surface area (Å²) in [6.45, 7) is -0.453. The number of sulfone groups is 1. The van der Waals surface area contributed by atoms with E-state index < -0.39 is 160 Å². The van der Waals surface area contributed by atoms with E-state index in [1.165, 1.54) is 26.0 Å². The van der Waals surface area contributed by atoms with Gasteiger partial charge in [0.15, 0.2) is 21.3 Å². The molecular weight excluding hydrogens is 1060 g/mol. The summed E-state index contributed by atoms with van der Waals surface area (Å²) in [5.74, 6) is -15.8. The number of carboxylic acids is 1. The predicted octanol–water partition coefficient (Wildman–Crippen LogP) is 8.28. The second kappa shape index (κ2) is 18.2. The van der Waals surface area contributed by atoms with Crippen LogP contribution < -0.4 is 9.62 Å². The van der Waals surface area contributed by atoms with E-state index in [9.17, 15) is 71.4 Å². The van der Waals surface area contributed by atoms with E-state index in [0.29, 0.717) is 12.3 Å². The van der Waals surface area contributed by atoms with Gasteiger partial charge in [-0.2, -0.15) is 49.6 Å². The summed E-state index contributed by atoms with van der Waals surface area (Å²) in [4.78, 5) is 44.4. The molecular formula is C45H42ClF10N7O8S2. The number of aromatic nitrogens is 5. The lowest BCUT2D eigenvalue weighted by Crippen LogP contribution is -2.46. The third-order valence-electron chi connectivity index (χ3n) is 13.5. The highest BCUT2D eigenvalue weighted by atomic mass is 35.5. The molecule has 8 rings (SSSR count). The van der Waals surface area contributed by atoms with Gasteiger partial charge in [-0.15, -0.1) is 0 Å². The Morgan fingerprint density at radius 3 is 2.11 bits per heavy atom. The number of anilines is 1. The van der Waals surface area contributed by atoms with E-state index in [4.69, 9.17) is 16.6 Å². The number of aliphatic carboxylic acids is 1. The maximum absolute atomic E-state index is 15.6. The summed E-state index contributed by atoms with van der Waals surface area (Å²) >= 11 is 6.66. The third kappa shape index (κ3) is 10.4. The summed E-state index contributed by atoms with van der Waals surface area (Å²) in [5, 5.41) is 18.2. The van der Waals surface area contributed by atoms with Crippen molar-refractivity contribution in [3.63, 3.8) is 0 Å². The van der Waals surface area contributed by atoms with Crippen molar-refractivity contribution in [2.75, 3.05) is 16.8 Å². The molecule has 0 spiro atoms. The van der Waals surface area contributed by atoms with Crippen LogP contribution in [0.4, 0.5) is 49.7 Å². The molecule has 2 fully saturated rings. The van der Waals surface area contributed by atoms with Gasteiger partial charge in [-0.05, 0) is 88.1 Å². The summed E-state index contributed by atoms with van der Waals surface area (Å²) in [6.07, 6.45) is -10.7. The Labute approximate surface area is 413 Å². The molecule has 394 valence electrons. The molecule has 0 saturated heterocycles. The molecule has 28 heteroatoms. The van der Waals surface area contributed by atoms with Crippen LogP contribution in [0.2, 0.25) is 5.02 Å². The zero-order chi connectivity index (χ0) is 53.9. The number of hydrogen-bond donors (Lipinski definition) is 2. The minimum atomic E-state index is -5.22. The summed E-state index contributed by atoms with van der Waals surface area (Å²) in [6, 6.07) is 5.17. The number of pyridine rings is 1. The summed E-state index contributed by atoms with van der Waals surface area (Å²) < 4.78 is 199. The van der Waals surface area contributed by atoms with Gasteiger partial charge in [0.25, 0.3) is 5.92 Å². The van der Waals surface area contributed by atoms with Crippen LogP contribution in [0, 0.1) is 29.4 Å². The number of alkyl halides is 8. The normalized spacial score (nSPS) is 20.0. The van der Waals surface area contributed by atoms with Crippen LogP contribution in [0.1, 0.15) is 85.4 Å². The molecule has 3 aliphatic carbocycles. The molecule has 1 unspecified atom stereocenters. The number of halogens is 11.